The van der Waals surface area contributed by atoms with E-state index in [1.54, 1.807) is 12.1 Å². The van der Waals surface area contributed by atoms with Crippen LogP contribution in [-0.4, -0.2) is 25.7 Å². The van der Waals surface area contributed by atoms with E-state index >= 15 is 0 Å². The fraction of sp³-hybridized carbons (Fsp3) is 0.565. The zero-order valence-corrected chi connectivity index (χ0v) is 18.3. The Kier molecular flexibility index (Phi) is 4.93. The van der Waals surface area contributed by atoms with Crippen LogP contribution in [0.3, 0.4) is 0 Å². The topological polar surface area (TPSA) is 52.6 Å². The molecule has 0 N–H and O–H groups in total. The lowest BCUT2D eigenvalue weighted by Gasteiger charge is -2.66. The quantitative estimate of drug-likeness (QED) is 0.472. The number of halogens is 1. The number of carbonyl (C=O) groups excluding carboxylic acids is 2. The maximum absolute atomic E-state index is 13.1. The number of hydrogen-bond donors (Lipinski definition) is 0. The lowest BCUT2D eigenvalue weighted by molar-refractivity contribution is -0.191. The van der Waals surface area contributed by atoms with Gasteiger partial charge in [-0.3, -0.25) is 4.79 Å². The summed E-state index contributed by atoms with van der Waals surface area (Å²) in [5.41, 5.74) is 1.38. The van der Waals surface area contributed by atoms with E-state index in [9.17, 15) is 9.59 Å². The van der Waals surface area contributed by atoms with Crippen LogP contribution in [0.4, 0.5) is 0 Å². The third-order valence-electron chi connectivity index (χ3n) is 7.64. The number of ether oxygens (including phenoxy) is 2. The third kappa shape index (κ3) is 2.77. The maximum atomic E-state index is 13.1. The standard InChI is InChI=1S/C23H27BrO4/c1-14-5-10-17-19-18(14)22(17,2)11-4-12-23(19,21(26)27-3)13-28-20(25)15-6-8-16(24)9-7-15/h5-9,17-19H,4,10-13H2,1-3H3/t17-,18+,19-,22+,23+/m1/s1. The summed E-state index contributed by atoms with van der Waals surface area (Å²) in [6.45, 7) is 4.65. The van der Waals surface area contributed by atoms with Crippen molar-refractivity contribution in [2.75, 3.05) is 13.7 Å². The molecule has 0 aromatic heterocycles. The third-order valence-corrected chi connectivity index (χ3v) is 8.17. The Labute approximate surface area is 174 Å². The number of benzene rings is 1. The number of methoxy groups -OCH3 is 1. The van der Waals surface area contributed by atoms with Gasteiger partial charge in [0.1, 0.15) is 12.0 Å². The summed E-state index contributed by atoms with van der Waals surface area (Å²) in [5.74, 6) is 0.401. The molecule has 4 nitrogen and oxygen atoms in total. The van der Waals surface area contributed by atoms with Crippen molar-refractivity contribution in [3.05, 3.63) is 46.0 Å². The Bertz CT molecular complexity index is 830. The van der Waals surface area contributed by atoms with E-state index in [1.807, 2.05) is 12.1 Å². The Hall–Kier alpha value is -1.62. The fourth-order valence-electron chi connectivity index (χ4n) is 6.35. The number of esters is 2. The van der Waals surface area contributed by atoms with Gasteiger partial charge in [-0.2, -0.15) is 0 Å². The van der Waals surface area contributed by atoms with Crippen molar-refractivity contribution >= 4 is 27.9 Å². The predicted molar refractivity (Wildman–Crippen MR) is 110 cm³/mol. The first-order valence-electron chi connectivity index (χ1n) is 10.0. The first-order chi connectivity index (χ1) is 13.3. The second-order valence-corrected chi connectivity index (χ2v) is 9.80. The molecule has 4 aliphatic rings. The molecule has 5 heteroatoms. The molecule has 3 saturated carbocycles. The number of rotatable bonds is 4. The number of hydrogen-bond acceptors (Lipinski definition) is 4. The van der Waals surface area contributed by atoms with Crippen LogP contribution < -0.4 is 0 Å². The molecule has 0 amide bonds. The van der Waals surface area contributed by atoms with E-state index in [1.165, 1.54) is 12.7 Å². The summed E-state index contributed by atoms with van der Waals surface area (Å²) in [6.07, 6.45) is 6.12. The first-order valence-corrected chi connectivity index (χ1v) is 10.8. The second kappa shape index (κ2) is 7.01. The molecule has 0 heterocycles. The molecule has 150 valence electrons. The Balaban J connectivity index is 1.62. The Morgan fingerprint density at radius 2 is 1.93 bits per heavy atom. The summed E-state index contributed by atoms with van der Waals surface area (Å²) in [7, 11) is 1.45. The van der Waals surface area contributed by atoms with Crippen LogP contribution >= 0.6 is 15.9 Å². The molecule has 4 bridgehead atoms. The van der Waals surface area contributed by atoms with Crippen LogP contribution in [0.5, 0.6) is 0 Å². The number of carbonyl (C=O) groups is 2. The van der Waals surface area contributed by atoms with E-state index in [0.29, 0.717) is 23.8 Å². The highest BCUT2D eigenvalue weighted by Crippen LogP contribution is 2.72. The summed E-state index contributed by atoms with van der Waals surface area (Å²) in [5, 5.41) is 0. The van der Waals surface area contributed by atoms with E-state index in [4.69, 9.17) is 9.47 Å². The van der Waals surface area contributed by atoms with Crippen LogP contribution in [0.1, 0.15) is 49.9 Å². The van der Waals surface area contributed by atoms with Gasteiger partial charge >= 0.3 is 11.9 Å². The SMILES string of the molecule is COC(=O)[C@]1(COC(=O)c2ccc(Br)cc2)CCC[C@@]2(C)[C@@H]3CC=C(C)[C@H]2[C@@H]31. The van der Waals surface area contributed by atoms with Crippen LogP contribution in [0.25, 0.3) is 0 Å². The first kappa shape index (κ1) is 19.7. The van der Waals surface area contributed by atoms with Crippen molar-refractivity contribution in [1.82, 2.24) is 0 Å². The van der Waals surface area contributed by atoms with Crippen LogP contribution in [0.2, 0.25) is 0 Å². The molecule has 0 aliphatic heterocycles. The Morgan fingerprint density at radius 3 is 2.57 bits per heavy atom. The fourth-order valence-corrected chi connectivity index (χ4v) is 6.62. The second-order valence-electron chi connectivity index (χ2n) is 8.88. The minimum atomic E-state index is -0.749. The van der Waals surface area contributed by atoms with Gasteiger partial charge in [0.2, 0.25) is 0 Å². The van der Waals surface area contributed by atoms with E-state index in [0.717, 1.165) is 23.7 Å². The molecule has 5 atom stereocenters. The van der Waals surface area contributed by atoms with E-state index < -0.39 is 5.41 Å². The molecule has 4 aliphatic carbocycles. The van der Waals surface area contributed by atoms with Crippen LogP contribution in [0.15, 0.2) is 40.4 Å². The maximum Gasteiger partial charge on any atom is 0.338 e. The highest BCUT2D eigenvalue weighted by atomic mass is 79.9. The van der Waals surface area contributed by atoms with Crippen molar-refractivity contribution in [3.63, 3.8) is 0 Å². The average Bonchev–Trinajstić information content (AvgIpc) is 2.91. The highest BCUT2D eigenvalue weighted by Gasteiger charge is 2.70. The molecule has 0 radical (unpaired) electrons. The Morgan fingerprint density at radius 1 is 1.21 bits per heavy atom. The van der Waals surface area contributed by atoms with Gasteiger partial charge in [0.25, 0.3) is 0 Å². The molecule has 28 heavy (non-hydrogen) atoms. The summed E-state index contributed by atoms with van der Waals surface area (Å²) < 4.78 is 11.9. The molecule has 0 unspecified atom stereocenters. The van der Waals surface area contributed by atoms with Gasteiger partial charge in [-0.25, -0.2) is 4.79 Å². The van der Waals surface area contributed by atoms with Crippen LogP contribution in [0, 0.1) is 28.6 Å². The average molecular weight is 447 g/mol. The smallest absolute Gasteiger partial charge is 0.338 e. The lowest BCUT2D eigenvalue weighted by Crippen LogP contribution is -2.64. The summed E-state index contributed by atoms with van der Waals surface area (Å²) in [6, 6.07) is 7.08. The normalized spacial score (nSPS) is 35.9. The minimum Gasteiger partial charge on any atom is -0.468 e. The van der Waals surface area contributed by atoms with Gasteiger partial charge < -0.3 is 9.47 Å². The number of fused-ring (bicyclic) bond motifs is 3. The number of allylic oxidation sites excluding steroid dienone is 2. The van der Waals surface area contributed by atoms with Crippen molar-refractivity contribution in [1.29, 1.82) is 0 Å². The van der Waals surface area contributed by atoms with Gasteiger partial charge in [-0.15, -0.1) is 0 Å². The molecule has 0 spiro atoms. The monoisotopic (exact) mass is 446 g/mol. The summed E-state index contributed by atoms with van der Waals surface area (Å²) >= 11 is 3.37. The summed E-state index contributed by atoms with van der Waals surface area (Å²) in [4.78, 5) is 25.7. The molecule has 0 saturated heterocycles. The molecular formula is C23H27BrO4. The molecule has 1 aromatic rings. The molecule has 3 fully saturated rings. The van der Waals surface area contributed by atoms with Gasteiger partial charge in [-0.05, 0) is 73.6 Å². The minimum absolute atomic E-state index is 0.0929. The molecule has 1 aromatic carbocycles. The zero-order valence-electron chi connectivity index (χ0n) is 16.7. The van der Waals surface area contributed by atoms with Gasteiger partial charge in [-0.1, -0.05) is 40.9 Å². The van der Waals surface area contributed by atoms with Gasteiger partial charge in [0.05, 0.1) is 12.7 Å². The lowest BCUT2D eigenvalue weighted by atomic mass is 9.38. The van der Waals surface area contributed by atoms with Crippen molar-refractivity contribution < 1.29 is 19.1 Å². The van der Waals surface area contributed by atoms with Crippen molar-refractivity contribution in [2.24, 2.45) is 28.6 Å². The van der Waals surface area contributed by atoms with Gasteiger partial charge in [0, 0.05) is 4.47 Å². The predicted octanol–water partition coefficient (Wildman–Crippen LogP) is 5.17. The zero-order chi connectivity index (χ0) is 20.1. The van der Waals surface area contributed by atoms with E-state index in [2.05, 4.69) is 35.9 Å². The largest absolute Gasteiger partial charge is 0.468 e. The van der Waals surface area contributed by atoms with Crippen LogP contribution in [-0.2, 0) is 14.3 Å². The highest BCUT2D eigenvalue weighted by molar-refractivity contribution is 9.10. The van der Waals surface area contributed by atoms with Gasteiger partial charge in [0.15, 0.2) is 0 Å². The molecular weight excluding hydrogens is 420 g/mol. The van der Waals surface area contributed by atoms with E-state index in [-0.39, 0.29) is 29.9 Å². The van der Waals surface area contributed by atoms with Crippen molar-refractivity contribution in [2.45, 2.75) is 39.5 Å². The van der Waals surface area contributed by atoms with Crippen molar-refractivity contribution in [3.8, 4) is 0 Å². The molecule has 5 rings (SSSR count).